The molecule has 0 N–H and O–H groups in total. The van der Waals surface area contributed by atoms with E-state index >= 15 is 0 Å². The second kappa shape index (κ2) is 10.1. The van der Waals surface area contributed by atoms with Gasteiger partial charge >= 0.3 is 0 Å². The fourth-order valence-corrected chi connectivity index (χ4v) is 6.11. The molecule has 0 spiro atoms. The fourth-order valence-electron chi connectivity index (χ4n) is 3.01. The van der Waals surface area contributed by atoms with Crippen LogP contribution in [0.5, 0.6) is 5.75 Å². The number of hydrogen-bond donors (Lipinski definition) is 0. The number of carbonyl (C=O) groups excluding carboxylic acids is 2. The van der Waals surface area contributed by atoms with Gasteiger partial charge in [0.2, 0.25) is 0 Å². The van der Waals surface area contributed by atoms with Crippen molar-refractivity contribution in [2.75, 3.05) is 4.90 Å². The van der Waals surface area contributed by atoms with Crippen LogP contribution in [0.4, 0.5) is 14.9 Å². The molecule has 1 aliphatic rings. The van der Waals surface area contributed by atoms with Crippen LogP contribution in [0, 0.1) is 13.0 Å². The molecule has 1 heterocycles. The molecular weight excluding hydrogens is 679 g/mol. The second-order valence-electron chi connectivity index (χ2n) is 6.73. The maximum absolute atomic E-state index is 13.4. The van der Waals surface area contributed by atoms with E-state index in [2.05, 4.69) is 45.2 Å². The van der Waals surface area contributed by atoms with Gasteiger partial charge in [-0.1, -0.05) is 23.7 Å². The summed E-state index contributed by atoms with van der Waals surface area (Å²) >= 11 is 11.1. The smallest absolute Gasteiger partial charge is 0.298 e. The van der Waals surface area contributed by atoms with E-state index in [-0.39, 0.29) is 23.6 Å². The lowest BCUT2D eigenvalue weighted by Gasteiger charge is -2.12. The number of hydrogen-bond acceptors (Lipinski definition) is 4. The molecule has 0 saturated carbocycles. The molecule has 0 aliphatic carbocycles. The molecule has 1 aliphatic heterocycles. The molecule has 2 amide bonds. The average molecular weight is 692 g/mol. The highest BCUT2D eigenvalue weighted by molar-refractivity contribution is 14.1. The first kappa shape index (κ1) is 23.5. The van der Waals surface area contributed by atoms with Gasteiger partial charge in [-0.15, -0.1) is 0 Å². The predicted octanol–water partition coefficient (Wildman–Crippen LogP) is 7.51. The standard InChI is InChI=1S/C23H13ClFI2NO3S/c24-15-4-6-17(7-5-15)28-22(29)20(32-23(28)30)11-14-9-18(26)21(19(27)10-14)31-12-13-2-1-3-16(25)8-13/h1-11H,12H2/b20-11+. The number of thioether (sulfide) groups is 1. The average Bonchev–Trinajstić information content (AvgIpc) is 3.01. The SMILES string of the molecule is O=C1S/C(=C/c2cc(I)c(OCc3cccc(F)c3)c(I)c2)C(=O)N1c1ccc(Cl)cc1. The zero-order valence-corrected chi connectivity index (χ0v) is 22.0. The Kier molecular flexibility index (Phi) is 7.43. The zero-order chi connectivity index (χ0) is 22.8. The predicted molar refractivity (Wildman–Crippen MR) is 143 cm³/mol. The van der Waals surface area contributed by atoms with Gasteiger partial charge in [0.1, 0.15) is 18.2 Å². The first-order valence-electron chi connectivity index (χ1n) is 9.21. The third-order valence-corrected chi connectivity index (χ3v) is 7.19. The number of anilines is 1. The van der Waals surface area contributed by atoms with Crippen LogP contribution in [0.3, 0.4) is 0 Å². The molecule has 3 aromatic carbocycles. The van der Waals surface area contributed by atoms with Gasteiger partial charge in [-0.2, -0.15) is 0 Å². The van der Waals surface area contributed by atoms with E-state index in [1.165, 1.54) is 12.1 Å². The summed E-state index contributed by atoms with van der Waals surface area (Å²) in [5, 5.41) is 0.170. The van der Waals surface area contributed by atoms with E-state index in [9.17, 15) is 14.0 Å². The van der Waals surface area contributed by atoms with Crippen LogP contribution in [-0.2, 0) is 11.4 Å². The van der Waals surface area contributed by atoms with Crippen LogP contribution >= 0.6 is 68.5 Å². The number of ether oxygens (including phenoxy) is 1. The van der Waals surface area contributed by atoms with Crippen LogP contribution < -0.4 is 9.64 Å². The summed E-state index contributed by atoms with van der Waals surface area (Å²) in [5.74, 6) is -0.000891. The highest BCUT2D eigenvalue weighted by Gasteiger charge is 2.36. The van der Waals surface area contributed by atoms with Crippen molar-refractivity contribution in [3.8, 4) is 5.75 Å². The Morgan fingerprint density at radius 1 is 1.03 bits per heavy atom. The summed E-state index contributed by atoms with van der Waals surface area (Å²) in [4.78, 5) is 26.8. The highest BCUT2D eigenvalue weighted by Crippen LogP contribution is 2.37. The van der Waals surface area contributed by atoms with E-state index in [1.807, 2.05) is 12.1 Å². The van der Waals surface area contributed by atoms with Crippen molar-refractivity contribution in [1.82, 2.24) is 0 Å². The quantitative estimate of drug-likeness (QED) is 0.205. The first-order chi connectivity index (χ1) is 15.3. The van der Waals surface area contributed by atoms with Gasteiger partial charge < -0.3 is 4.74 Å². The normalized spacial score (nSPS) is 15.0. The molecule has 0 bridgehead atoms. The third-order valence-electron chi connectivity index (χ3n) is 4.47. The topological polar surface area (TPSA) is 46.6 Å². The van der Waals surface area contributed by atoms with Crippen molar-refractivity contribution >= 4 is 91.5 Å². The number of rotatable bonds is 5. The van der Waals surface area contributed by atoms with Crippen molar-refractivity contribution in [2.45, 2.75) is 6.61 Å². The minimum absolute atomic E-state index is 0.239. The fraction of sp³-hybridized carbons (Fsp3) is 0.0435. The Morgan fingerprint density at radius 3 is 2.38 bits per heavy atom. The lowest BCUT2D eigenvalue weighted by atomic mass is 10.2. The van der Waals surface area contributed by atoms with E-state index in [1.54, 1.807) is 42.5 Å². The number of halogens is 4. The Labute approximate surface area is 220 Å². The van der Waals surface area contributed by atoms with Crippen molar-refractivity contribution in [3.63, 3.8) is 0 Å². The van der Waals surface area contributed by atoms with E-state index in [0.29, 0.717) is 21.4 Å². The number of imide groups is 1. The Bertz CT molecular complexity index is 1230. The largest absolute Gasteiger partial charge is 0.487 e. The molecule has 0 radical (unpaired) electrons. The summed E-state index contributed by atoms with van der Waals surface area (Å²) in [6.07, 6.45) is 1.70. The summed E-state index contributed by atoms with van der Waals surface area (Å²) in [6.45, 7) is 0.239. The number of carbonyl (C=O) groups is 2. The molecule has 3 aromatic rings. The van der Waals surface area contributed by atoms with Gasteiger partial charge in [0, 0.05) is 5.02 Å². The Morgan fingerprint density at radius 2 is 1.72 bits per heavy atom. The van der Waals surface area contributed by atoms with Gasteiger partial charge in [-0.3, -0.25) is 9.59 Å². The van der Waals surface area contributed by atoms with Crippen LogP contribution in [0.15, 0.2) is 65.6 Å². The van der Waals surface area contributed by atoms with Gasteiger partial charge in [0.05, 0.1) is 17.7 Å². The minimum atomic E-state index is -0.376. The monoisotopic (exact) mass is 691 g/mol. The zero-order valence-electron chi connectivity index (χ0n) is 16.2. The molecule has 0 aromatic heterocycles. The lowest BCUT2D eigenvalue weighted by Crippen LogP contribution is -2.27. The maximum Gasteiger partial charge on any atom is 0.298 e. The summed E-state index contributed by atoms with van der Waals surface area (Å²) < 4.78 is 21.0. The number of benzene rings is 3. The van der Waals surface area contributed by atoms with Gasteiger partial charge in [0.15, 0.2) is 0 Å². The van der Waals surface area contributed by atoms with Gasteiger partial charge in [-0.05, 0) is 123 Å². The first-order valence-corrected chi connectivity index (χ1v) is 12.6. The summed E-state index contributed by atoms with van der Waals surface area (Å²) in [5.41, 5.74) is 1.99. The Hall–Kier alpha value is -1.63. The van der Waals surface area contributed by atoms with Gasteiger partial charge in [-0.25, -0.2) is 9.29 Å². The lowest BCUT2D eigenvalue weighted by molar-refractivity contribution is -0.113. The van der Waals surface area contributed by atoms with E-state index in [0.717, 1.165) is 34.9 Å². The third kappa shape index (κ3) is 5.29. The molecule has 0 unspecified atom stereocenters. The van der Waals surface area contributed by atoms with Crippen molar-refractivity contribution in [2.24, 2.45) is 0 Å². The van der Waals surface area contributed by atoms with Crippen molar-refractivity contribution < 1.29 is 18.7 Å². The highest BCUT2D eigenvalue weighted by atomic mass is 127. The second-order valence-corrected chi connectivity index (χ2v) is 10.5. The van der Waals surface area contributed by atoms with Crippen molar-refractivity contribution in [1.29, 1.82) is 0 Å². The molecule has 32 heavy (non-hydrogen) atoms. The Balaban J connectivity index is 1.54. The molecule has 0 atom stereocenters. The number of amides is 2. The van der Waals surface area contributed by atoms with Crippen LogP contribution in [0.2, 0.25) is 5.02 Å². The summed E-state index contributed by atoms with van der Waals surface area (Å²) in [6, 6.07) is 16.6. The summed E-state index contributed by atoms with van der Waals surface area (Å²) in [7, 11) is 0. The molecule has 4 rings (SSSR count). The van der Waals surface area contributed by atoms with Crippen LogP contribution in [0.1, 0.15) is 11.1 Å². The maximum atomic E-state index is 13.4. The molecule has 9 heteroatoms. The molecule has 1 saturated heterocycles. The van der Waals surface area contributed by atoms with Gasteiger partial charge in [0.25, 0.3) is 11.1 Å². The van der Waals surface area contributed by atoms with Crippen molar-refractivity contribution in [3.05, 3.63) is 94.7 Å². The minimum Gasteiger partial charge on any atom is -0.487 e. The van der Waals surface area contributed by atoms with Crippen LogP contribution in [-0.4, -0.2) is 11.1 Å². The van der Waals surface area contributed by atoms with Crippen LogP contribution in [0.25, 0.3) is 6.08 Å². The molecule has 1 fully saturated rings. The molecule has 4 nitrogen and oxygen atoms in total. The molecular formula is C23H13ClFI2NO3S. The molecule has 162 valence electrons. The number of nitrogens with zero attached hydrogens (tertiary/aromatic N) is 1. The van der Waals surface area contributed by atoms with E-state index < -0.39 is 0 Å². The van der Waals surface area contributed by atoms with E-state index in [4.69, 9.17) is 16.3 Å².